The first-order valence-corrected chi connectivity index (χ1v) is 8.65. The summed E-state index contributed by atoms with van der Waals surface area (Å²) in [6, 6.07) is 14.2. The molecule has 2 rings (SSSR count). The van der Waals surface area contributed by atoms with Crippen molar-refractivity contribution in [2.24, 2.45) is 0 Å². The minimum absolute atomic E-state index is 0.0731. The van der Waals surface area contributed by atoms with Crippen LogP contribution in [0.5, 0.6) is 0 Å². The number of aryl methyl sites for hydroxylation is 1. The van der Waals surface area contributed by atoms with Gasteiger partial charge in [-0.15, -0.1) is 0 Å². The summed E-state index contributed by atoms with van der Waals surface area (Å²) >= 11 is 0. The van der Waals surface area contributed by atoms with Gasteiger partial charge < -0.3 is 10.4 Å². The van der Waals surface area contributed by atoms with Gasteiger partial charge in [-0.05, 0) is 36.6 Å². The Kier molecular flexibility index (Phi) is 6.67. The normalized spacial score (nSPS) is 11.6. The second-order valence-corrected chi connectivity index (χ2v) is 6.21. The van der Waals surface area contributed by atoms with Gasteiger partial charge in [-0.25, -0.2) is 0 Å². The van der Waals surface area contributed by atoms with Crippen molar-refractivity contribution in [3.8, 4) is 0 Å². The molecule has 0 fully saturated rings. The summed E-state index contributed by atoms with van der Waals surface area (Å²) in [5.74, 6) is -1.92. The van der Waals surface area contributed by atoms with Gasteiger partial charge in [-0.3, -0.25) is 14.4 Å². The van der Waals surface area contributed by atoms with Crippen LogP contribution in [0.1, 0.15) is 54.1 Å². The Hall–Kier alpha value is -2.95. The first-order chi connectivity index (χ1) is 12.4. The number of rotatable bonds is 8. The van der Waals surface area contributed by atoms with Crippen LogP contribution in [0.4, 0.5) is 5.69 Å². The number of aliphatic carboxylic acids is 1. The van der Waals surface area contributed by atoms with Gasteiger partial charge in [0.2, 0.25) is 5.91 Å². The lowest BCUT2D eigenvalue weighted by Gasteiger charge is -2.10. The quantitative estimate of drug-likeness (QED) is 0.702. The van der Waals surface area contributed by atoms with E-state index in [-0.39, 0.29) is 24.5 Å². The monoisotopic (exact) mass is 353 g/mol. The molecule has 0 spiro atoms. The largest absolute Gasteiger partial charge is 0.481 e. The number of benzene rings is 2. The lowest BCUT2D eigenvalue weighted by atomic mass is 10.0. The molecule has 2 aromatic carbocycles. The van der Waals surface area contributed by atoms with Gasteiger partial charge in [0, 0.05) is 24.1 Å². The summed E-state index contributed by atoms with van der Waals surface area (Å²) in [6.07, 6.45) is 1.12. The van der Waals surface area contributed by atoms with Gasteiger partial charge in [0.05, 0.1) is 5.92 Å². The van der Waals surface area contributed by atoms with Crippen molar-refractivity contribution in [2.75, 3.05) is 5.32 Å². The first kappa shape index (κ1) is 19.4. The fraction of sp³-hybridized carbons (Fsp3) is 0.286. The Labute approximate surface area is 153 Å². The molecule has 0 aliphatic carbocycles. The van der Waals surface area contributed by atoms with E-state index < -0.39 is 11.9 Å². The maximum atomic E-state index is 12.2. The number of carbonyl (C=O) groups excluding carboxylic acids is 2. The van der Waals surface area contributed by atoms with Crippen molar-refractivity contribution in [1.29, 1.82) is 0 Å². The highest BCUT2D eigenvalue weighted by atomic mass is 16.4. The van der Waals surface area contributed by atoms with Crippen molar-refractivity contribution in [2.45, 2.75) is 39.0 Å². The maximum Gasteiger partial charge on any atom is 0.310 e. The molecule has 0 saturated heterocycles. The predicted octanol–water partition coefficient (Wildman–Crippen LogP) is 4.04. The van der Waals surface area contributed by atoms with Crippen LogP contribution in [-0.4, -0.2) is 22.8 Å². The van der Waals surface area contributed by atoms with E-state index in [0.717, 1.165) is 12.0 Å². The number of hydrogen-bond acceptors (Lipinski definition) is 3. The third-order valence-corrected chi connectivity index (χ3v) is 4.30. The Bertz CT molecular complexity index is 796. The van der Waals surface area contributed by atoms with E-state index in [2.05, 4.69) is 5.32 Å². The minimum atomic E-state index is -0.923. The van der Waals surface area contributed by atoms with Crippen LogP contribution in [0.3, 0.4) is 0 Å². The summed E-state index contributed by atoms with van der Waals surface area (Å²) in [4.78, 5) is 35.3. The topological polar surface area (TPSA) is 83.5 Å². The number of Topliss-reactive ketones (excluding diaryl/α,β-unsaturated/α-hetero) is 1. The molecule has 0 aliphatic rings. The van der Waals surface area contributed by atoms with Gasteiger partial charge in [0.1, 0.15) is 0 Å². The maximum absolute atomic E-state index is 12.2. The molecule has 1 amide bonds. The van der Waals surface area contributed by atoms with Crippen molar-refractivity contribution in [3.05, 3.63) is 65.2 Å². The van der Waals surface area contributed by atoms with Gasteiger partial charge in [0.15, 0.2) is 5.78 Å². The van der Waals surface area contributed by atoms with Crippen molar-refractivity contribution >= 4 is 23.3 Å². The lowest BCUT2D eigenvalue weighted by Crippen LogP contribution is -2.14. The van der Waals surface area contributed by atoms with E-state index in [1.54, 1.807) is 43.3 Å². The average Bonchev–Trinajstić information content (AvgIpc) is 2.65. The third kappa shape index (κ3) is 5.28. The number of ketones is 1. The van der Waals surface area contributed by atoms with Crippen molar-refractivity contribution in [3.63, 3.8) is 0 Å². The molecule has 0 aromatic heterocycles. The Morgan fingerprint density at radius 2 is 1.73 bits per heavy atom. The van der Waals surface area contributed by atoms with E-state index in [1.807, 2.05) is 19.1 Å². The van der Waals surface area contributed by atoms with Gasteiger partial charge in [-0.1, -0.05) is 43.3 Å². The zero-order chi connectivity index (χ0) is 19.1. The molecule has 2 N–H and O–H groups in total. The summed E-state index contributed by atoms with van der Waals surface area (Å²) in [6.45, 7) is 3.64. The number of hydrogen-bond donors (Lipinski definition) is 2. The Morgan fingerprint density at radius 3 is 2.35 bits per heavy atom. The van der Waals surface area contributed by atoms with Gasteiger partial charge in [0.25, 0.3) is 0 Å². The van der Waals surface area contributed by atoms with E-state index in [1.165, 1.54) is 0 Å². The second kappa shape index (κ2) is 8.94. The highest BCUT2D eigenvalue weighted by Gasteiger charge is 2.14. The van der Waals surface area contributed by atoms with Crippen LogP contribution in [0.15, 0.2) is 48.5 Å². The van der Waals surface area contributed by atoms with Crippen LogP contribution >= 0.6 is 0 Å². The molecule has 0 heterocycles. The van der Waals surface area contributed by atoms with Crippen molar-refractivity contribution in [1.82, 2.24) is 0 Å². The fourth-order valence-electron chi connectivity index (χ4n) is 2.55. The molecule has 2 aromatic rings. The molecule has 26 heavy (non-hydrogen) atoms. The smallest absolute Gasteiger partial charge is 0.310 e. The first-order valence-electron chi connectivity index (χ1n) is 8.65. The highest BCUT2D eigenvalue weighted by Crippen LogP contribution is 2.20. The van der Waals surface area contributed by atoms with E-state index in [0.29, 0.717) is 16.8 Å². The zero-order valence-corrected chi connectivity index (χ0v) is 15.0. The average molecular weight is 353 g/mol. The summed E-state index contributed by atoms with van der Waals surface area (Å²) in [5, 5.41) is 11.8. The number of amides is 1. The molecular weight excluding hydrogens is 330 g/mol. The number of nitrogens with one attached hydrogen (secondary N) is 1. The number of anilines is 1. The van der Waals surface area contributed by atoms with E-state index >= 15 is 0 Å². The molecule has 0 saturated carbocycles. The Balaban J connectivity index is 1.91. The predicted molar refractivity (Wildman–Crippen MR) is 101 cm³/mol. The number of carboxylic acid groups (broad SMARTS) is 1. The van der Waals surface area contributed by atoms with Crippen LogP contribution < -0.4 is 5.32 Å². The second-order valence-electron chi connectivity index (χ2n) is 6.21. The summed E-state index contributed by atoms with van der Waals surface area (Å²) in [7, 11) is 0. The molecule has 0 bridgehead atoms. The SMILES string of the molecule is CCc1ccc(C(=O)CCC(=O)Nc2cccc(C(C)C(=O)O)c2)cc1. The lowest BCUT2D eigenvalue weighted by molar-refractivity contribution is -0.138. The molecule has 0 radical (unpaired) electrons. The van der Waals surface area contributed by atoms with Crippen LogP contribution in [0, 0.1) is 0 Å². The third-order valence-electron chi connectivity index (χ3n) is 4.30. The number of carboxylic acids is 1. The van der Waals surface area contributed by atoms with E-state index in [4.69, 9.17) is 5.11 Å². The molecular formula is C21H23NO4. The van der Waals surface area contributed by atoms with Gasteiger partial charge in [-0.2, -0.15) is 0 Å². The Morgan fingerprint density at radius 1 is 1.04 bits per heavy atom. The zero-order valence-electron chi connectivity index (χ0n) is 15.0. The highest BCUT2D eigenvalue weighted by molar-refractivity contribution is 6.00. The van der Waals surface area contributed by atoms with Crippen LogP contribution in [0.25, 0.3) is 0 Å². The molecule has 5 nitrogen and oxygen atoms in total. The molecule has 136 valence electrons. The summed E-state index contributed by atoms with van der Waals surface area (Å²) in [5.41, 5.74) is 2.91. The fourth-order valence-corrected chi connectivity index (χ4v) is 2.55. The van der Waals surface area contributed by atoms with Crippen LogP contribution in [-0.2, 0) is 16.0 Å². The molecule has 1 atom stereocenters. The van der Waals surface area contributed by atoms with Crippen LogP contribution in [0.2, 0.25) is 0 Å². The van der Waals surface area contributed by atoms with Gasteiger partial charge >= 0.3 is 5.97 Å². The molecule has 5 heteroatoms. The standard InChI is InChI=1S/C21H23NO4/c1-3-15-7-9-16(10-8-15)19(23)11-12-20(24)22-18-6-4-5-17(13-18)14(2)21(25)26/h4-10,13-14H,3,11-12H2,1-2H3,(H,22,24)(H,25,26). The summed E-state index contributed by atoms with van der Waals surface area (Å²) < 4.78 is 0. The van der Waals surface area contributed by atoms with Crippen molar-refractivity contribution < 1.29 is 19.5 Å². The molecule has 1 unspecified atom stereocenters. The minimum Gasteiger partial charge on any atom is -0.481 e. The number of carbonyl (C=O) groups is 3. The molecule has 0 aliphatic heterocycles. The van der Waals surface area contributed by atoms with E-state index in [9.17, 15) is 14.4 Å².